The molecule has 3 atom stereocenters. The fourth-order valence-corrected chi connectivity index (χ4v) is 4.81. The van der Waals surface area contributed by atoms with Crippen LogP contribution in [-0.2, 0) is 5.41 Å². The quantitative estimate of drug-likeness (QED) is 0.767. The third-order valence-corrected chi connectivity index (χ3v) is 5.76. The summed E-state index contributed by atoms with van der Waals surface area (Å²) in [6.45, 7) is 11.3. The number of aryl methyl sites for hydroxylation is 1. The van der Waals surface area contributed by atoms with Gasteiger partial charge >= 0.3 is 0 Å². The summed E-state index contributed by atoms with van der Waals surface area (Å²) in [6, 6.07) is 6.65. The zero-order chi connectivity index (χ0) is 16.3. The van der Waals surface area contributed by atoms with Crippen LogP contribution in [0.5, 0.6) is 0 Å². The second-order valence-electron chi connectivity index (χ2n) is 8.13. The number of nitrogen functional groups attached to an aromatic ring is 1. The predicted molar refractivity (Wildman–Crippen MR) is 94.6 cm³/mol. The monoisotopic (exact) mass is 296 g/mol. The number of fused-ring (bicyclic) bond motifs is 1. The second kappa shape index (κ2) is 4.73. The van der Waals surface area contributed by atoms with Crippen molar-refractivity contribution < 1.29 is 0 Å². The van der Waals surface area contributed by atoms with Gasteiger partial charge in [0.25, 0.3) is 0 Å². The lowest BCUT2D eigenvalue weighted by Crippen LogP contribution is -2.38. The first-order valence-corrected chi connectivity index (χ1v) is 8.18. The van der Waals surface area contributed by atoms with Crippen molar-refractivity contribution in [2.45, 2.75) is 52.5 Å². The molecule has 1 fully saturated rings. The molecule has 1 saturated carbocycles. The van der Waals surface area contributed by atoms with E-state index in [1.807, 2.05) is 0 Å². The average molecular weight is 296 g/mol. The molecular weight excluding hydrogens is 268 g/mol. The van der Waals surface area contributed by atoms with Crippen molar-refractivity contribution in [3.8, 4) is 0 Å². The lowest BCUT2D eigenvalue weighted by molar-refractivity contribution is 0.252. The molecule has 2 aliphatic carbocycles. The minimum absolute atomic E-state index is 0.0170. The molecule has 22 heavy (non-hydrogen) atoms. The van der Waals surface area contributed by atoms with Gasteiger partial charge in [-0.3, -0.25) is 0 Å². The van der Waals surface area contributed by atoms with E-state index in [9.17, 15) is 0 Å². The van der Waals surface area contributed by atoms with Crippen molar-refractivity contribution >= 4 is 5.69 Å². The van der Waals surface area contributed by atoms with Crippen molar-refractivity contribution in [2.75, 3.05) is 5.73 Å². The van der Waals surface area contributed by atoms with E-state index in [0.717, 1.165) is 17.7 Å². The van der Waals surface area contributed by atoms with Crippen LogP contribution in [-0.4, -0.2) is 6.04 Å². The van der Waals surface area contributed by atoms with Crippen LogP contribution in [0.4, 0.5) is 5.69 Å². The van der Waals surface area contributed by atoms with Gasteiger partial charge in [-0.1, -0.05) is 56.2 Å². The van der Waals surface area contributed by atoms with Gasteiger partial charge in [-0.15, -0.1) is 0 Å². The highest BCUT2D eigenvalue weighted by Gasteiger charge is 2.53. The zero-order valence-corrected chi connectivity index (χ0v) is 14.4. The van der Waals surface area contributed by atoms with Crippen LogP contribution in [0.25, 0.3) is 0 Å². The Morgan fingerprint density at radius 1 is 1.14 bits per heavy atom. The molecule has 0 bridgehead atoms. The van der Waals surface area contributed by atoms with Crippen LogP contribution in [0, 0.1) is 18.3 Å². The zero-order valence-electron chi connectivity index (χ0n) is 14.4. The van der Waals surface area contributed by atoms with Crippen LogP contribution in [0.3, 0.4) is 0 Å². The van der Waals surface area contributed by atoms with Crippen LogP contribution >= 0.6 is 0 Å². The average Bonchev–Trinajstić information content (AvgIpc) is 2.60. The molecule has 0 saturated heterocycles. The summed E-state index contributed by atoms with van der Waals surface area (Å²) in [7, 11) is 0. The maximum atomic E-state index is 6.50. The number of hydrogen-bond donors (Lipinski definition) is 2. The van der Waals surface area contributed by atoms with Crippen molar-refractivity contribution in [3.63, 3.8) is 0 Å². The lowest BCUT2D eigenvalue weighted by atomic mass is 9.72. The topological polar surface area (TPSA) is 52.0 Å². The van der Waals surface area contributed by atoms with Gasteiger partial charge in [-0.2, -0.15) is 0 Å². The molecule has 3 rings (SSSR count). The fraction of sp³-hybridized carbons (Fsp3) is 0.500. The van der Waals surface area contributed by atoms with Gasteiger partial charge in [-0.05, 0) is 42.9 Å². The molecule has 118 valence electrons. The van der Waals surface area contributed by atoms with Crippen LogP contribution in [0.2, 0.25) is 0 Å². The normalized spacial score (nSPS) is 33.2. The molecule has 0 aromatic heterocycles. The summed E-state index contributed by atoms with van der Waals surface area (Å²) >= 11 is 0. The molecule has 2 heteroatoms. The molecule has 3 unspecified atom stereocenters. The first kappa shape index (κ1) is 15.4. The second-order valence-corrected chi connectivity index (χ2v) is 8.13. The van der Waals surface area contributed by atoms with Crippen molar-refractivity contribution in [2.24, 2.45) is 17.1 Å². The first-order chi connectivity index (χ1) is 10.1. The Balaban J connectivity index is 2.17. The van der Waals surface area contributed by atoms with Crippen molar-refractivity contribution in [1.82, 2.24) is 0 Å². The van der Waals surface area contributed by atoms with Crippen molar-refractivity contribution in [3.05, 3.63) is 52.6 Å². The van der Waals surface area contributed by atoms with Gasteiger partial charge in [0.2, 0.25) is 0 Å². The Morgan fingerprint density at radius 2 is 1.82 bits per heavy atom. The van der Waals surface area contributed by atoms with Gasteiger partial charge in [0.15, 0.2) is 0 Å². The highest BCUT2D eigenvalue weighted by Crippen LogP contribution is 2.59. The summed E-state index contributed by atoms with van der Waals surface area (Å²) in [5.74, 6) is 0.406. The van der Waals surface area contributed by atoms with Gasteiger partial charge < -0.3 is 11.5 Å². The summed E-state index contributed by atoms with van der Waals surface area (Å²) in [5.41, 5.74) is 19.0. The smallest absolute Gasteiger partial charge is 0.0346 e. The Bertz CT molecular complexity index is 681. The van der Waals surface area contributed by atoms with Gasteiger partial charge in [0, 0.05) is 23.1 Å². The predicted octanol–water partition coefficient (Wildman–Crippen LogP) is 4.09. The Labute approximate surface area is 134 Å². The molecular formula is C20H28N2. The third-order valence-electron chi connectivity index (χ3n) is 5.76. The standard InChI is InChI=1S/C20H28N2/c1-12-8-15-18(17(22)9-12)19(3,4)11-20(15,5)14-7-6-13(2)16(21)10-14/h6-10,17-18H,11,21-22H2,1-5H3. The molecule has 0 radical (unpaired) electrons. The first-order valence-electron chi connectivity index (χ1n) is 8.18. The summed E-state index contributed by atoms with van der Waals surface area (Å²) in [5, 5.41) is 0. The highest BCUT2D eigenvalue weighted by molar-refractivity contribution is 5.55. The van der Waals surface area contributed by atoms with E-state index >= 15 is 0 Å². The van der Waals surface area contributed by atoms with E-state index in [1.165, 1.54) is 16.7 Å². The SMILES string of the molecule is CC1=CC(N)C2C(=C1)C(C)(c1ccc(C)c(N)c1)CC2(C)C. The minimum atomic E-state index is 0.0170. The molecule has 0 aliphatic heterocycles. The summed E-state index contributed by atoms with van der Waals surface area (Å²) in [4.78, 5) is 0. The highest BCUT2D eigenvalue weighted by atomic mass is 14.7. The fourth-order valence-electron chi connectivity index (χ4n) is 4.81. The molecule has 0 spiro atoms. The molecule has 2 aliphatic rings. The van der Waals surface area contributed by atoms with E-state index in [0.29, 0.717) is 5.92 Å². The molecule has 4 N–H and O–H groups in total. The molecule has 0 heterocycles. The lowest BCUT2D eigenvalue weighted by Gasteiger charge is -2.34. The van der Waals surface area contributed by atoms with E-state index in [4.69, 9.17) is 11.5 Å². The largest absolute Gasteiger partial charge is 0.399 e. The van der Waals surface area contributed by atoms with E-state index in [-0.39, 0.29) is 16.9 Å². The molecule has 1 aromatic rings. The number of anilines is 1. The summed E-state index contributed by atoms with van der Waals surface area (Å²) < 4.78 is 0. The minimum Gasteiger partial charge on any atom is -0.399 e. The van der Waals surface area contributed by atoms with Crippen LogP contribution < -0.4 is 11.5 Å². The Hall–Kier alpha value is -1.54. The van der Waals surface area contributed by atoms with E-state index in [1.54, 1.807) is 0 Å². The van der Waals surface area contributed by atoms with Gasteiger partial charge in [-0.25, -0.2) is 0 Å². The van der Waals surface area contributed by atoms with E-state index in [2.05, 4.69) is 65.0 Å². The Kier molecular flexibility index (Phi) is 3.30. The number of rotatable bonds is 1. The molecule has 1 aromatic carbocycles. The van der Waals surface area contributed by atoms with Crippen LogP contribution in [0.1, 0.15) is 45.2 Å². The Morgan fingerprint density at radius 3 is 2.45 bits per heavy atom. The maximum absolute atomic E-state index is 6.50. The molecule has 0 amide bonds. The number of hydrogen-bond acceptors (Lipinski definition) is 2. The number of nitrogens with two attached hydrogens (primary N) is 2. The number of allylic oxidation sites excluding steroid dienone is 2. The van der Waals surface area contributed by atoms with Crippen molar-refractivity contribution in [1.29, 1.82) is 0 Å². The molecule has 2 nitrogen and oxygen atoms in total. The van der Waals surface area contributed by atoms with Gasteiger partial charge in [0.05, 0.1) is 0 Å². The maximum Gasteiger partial charge on any atom is 0.0346 e. The number of benzene rings is 1. The third kappa shape index (κ3) is 2.13. The van der Waals surface area contributed by atoms with E-state index < -0.39 is 0 Å². The van der Waals surface area contributed by atoms with Gasteiger partial charge in [0.1, 0.15) is 0 Å². The summed E-state index contributed by atoms with van der Waals surface area (Å²) in [6.07, 6.45) is 5.68. The van der Waals surface area contributed by atoms with Crippen LogP contribution in [0.15, 0.2) is 41.5 Å².